The van der Waals surface area contributed by atoms with E-state index < -0.39 is 0 Å². The molecule has 5 heteroatoms. The maximum atomic E-state index is 5.68. The van der Waals surface area contributed by atoms with Crippen LogP contribution < -0.4 is 5.73 Å². The number of aromatic nitrogens is 3. The van der Waals surface area contributed by atoms with E-state index in [1.165, 1.54) is 37.8 Å². The first-order chi connectivity index (χ1) is 7.27. The second kappa shape index (κ2) is 3.27. The van der Waals surface area contributed by atoms with Gasteiger partial charge in [0, 0.05) is 5.92 Å². The molecule has 2 fully saturated rings. The Morgan fingerprint density at radius 3 is 2.53 bits per heavy atom. The van der Waals surface area contributed by atoms with E-state index in [-0.39, 0.29) is 0 Å². The van der Waals surface area contributed by atoms with Crippen LogP contribution in [0.3, 0.4) is 0 Å². The van der Waals surface area contributed by atoms with Crippen molar-refractivity contribution in [2.24, 2.45) is 5.73 Å². The molecule has 2 saturated carbocycles. The van der Waals surface area contributed by atoms with Gasteiger partial charge in [-0.15, -0.1) is 5.10 Å². The van der Waals surface area contributed by atoms with E-state index in [4.69, 9.17) is 18.0 Å². The summed E-state index contributed by atoms with van der Waals surface area (Å²) in [6, 6.07) is 0.566. The highest BCUT2D eigenvalue weighted by Crippen LogP contribution is 2.42. The summed E-state index contributed by atoms with van der Waals surface area (Å²) in [5.41, 5.74) is 7.65. The molecule has 0 unspecified atom stereocenters. The lowest BCUT2D eigenvalue weighted by molar-refractivity contribution is 0.387. The third-order valence-electron chi connectivity index (χ3n) is 3.35. The number of hydrogen-bond acceptors (Lipinski definition) is 3. The topological polar surface area (TPSA) is 56.7 Å². The van der Waals surface area contributed by atoms with Crippen LogP contribution >= 0.6 is 12.2 Å². The molecular weight excluding hydrogens is 208 g/mol. The standard InChI is InChI=1S/C10H14N4S/c11-10(15)8-9(6-2-1-3-6)14(13-12-8)7-4-5-7/h6-7H,1-5H2,(H2,11,15). The van der Waals surface area contributed by atoms with Crippen LogP contribution in [0.2, 0.25) is 0 Å². The van der Waals surface area contributed by atoms with Crippen molar-refractivity contribution in [3.8, 4) is 0 Å². The van der Waals surface area contributed by atoms with Crippen molar-refractivity contribution < 1.29 is 0 Å². The van der Waals surface area contributed by atoms with Gasteiger partial charge in [-0.1, -0.05) is 23.9 Å². The average molecular weight is 222 g/mol. The Balaban J connectivity index is 2.03. The molecule has 0 amide bonds. The van der Waals surface area contributed by atoms with Crippen LogP contribution in [-0.2, 0) is 0 Å². The average Bonchev–Trinajstić information content (AvgIpc) is 2.85. The van der Waals surface area contributed by atoms with E-state index in [1.54, 1.807) is 0 Å². The second-order valence-electron chi connectivity index (χ2n) is 4.49. The quantitative estimate of drug-likeness (QED) is 0.788. The highest BCUT2D eigenvalue weighted by Gasteiger charge is 2.34. The predicted molar refractivity (Wildman–Crippen MR) is 60.8 cm³/mol. The van der Waals surface area contributed by atoms with Crippen LogP contribution in [0.15, 0.2) is 0 Å². The molecule has 4 nitrogen and oxygen atoms in total. The smallest absolute Gasteiger partial charge is 0.143 e. The summed E-state index contributed by atoms with van der Waals surface area (Å²) in [7, 11) is 0. The summed E-state index contributed by atoms with van der Waals surface area (Å²) in [4.78, 5) is 0.392. The van der Waals surface area contributed by atoms with Gasteiger partial charge in [0.2, 0.25) is 0 Å². The molecule has 2 N–H and O–H groups in total. The monoisotopic (exact) mass is 222 g/mol. The molecule has 1 aromatic heterocycles. The van der Waals surface area contributed by atoms with Crippen LogP contribution in [0.25, 0.3) is 0 Å². The largest absolute Gasteiger partial charge is 0.388 e. The molecule has 2 aliphatic rings. The van der Waals surface area contributed by atoms with E-state index >= 15 is 0 Å². The van der Waals surface area contributed by atoms with E-state index in [0.29, 0.717) is 16.9 Å². The van der Waals surface area contributed by atoms with Crippen LogP contribution in [0.5, 0.6) is 0 Å². The zero-order chi connectivity index (χ0) is 10.4. The Hall–Kier alpha value is -0.970. The molecule has 0 atom stereocenters. The lowest BCUT2D eigenvalue weighted by atomic mass is 9.82. The van der Waals surface area contributed by atoms with Crippen LogP contribution in [0.1, 0.15) is 55.5 Å². The van der Waals surface area contributed by atoms with Crippen molar-refractivity contribution in [2.45, 2.75) is 44.1 Å². The molecule has 2 aliphatic carbocycles. The Bertz CT molecular complexity index is 404. The maximum absolute atomic E-state index is 5.68. The van der Waals surface area contributed by atoms with Gasteiger partial charge in [0.05, 0.1) is 11.7 Å². The van der Waals surface area contributed by atoms with Gasteiger partial charge >= 0.3 is 0 Å². The minimum Gasteiger partial charge on any atom is -0.388 e. The van der Waals surface area contributed by atoms with E-state index in [2.05, 4.69) is 15.0 Å². The first-order valence-corrected chi connectivity index (χ1v) is 5.93. The fraction of sp³-hybridized carbons (Fsp3) is 0.700. The van der Waals surface area contributed by atoms with Gasteiger partial charge in [0.1, 0.15) is 10.7 Å². The normalized spacial score (nSPS) is 21.3. The predicted octanol–water partition coefficient (Wildman–Crippen LogP) is 1.51. The Morgan fingerprint density at radius 2 is 2.07 bits per heavy atom. The summed E-state index contributed by atoms with van der Waals surface area (Å²) in [5.74, 6) is 0.595. The SMILES string of the molecule is NC(=S)c1nnn(C2CC2)c1C1CCC1. The maximum Gasteiger partial charge on any atom is 0.143 e. The molecule has 0 bridgehead atoms. The number of nitrogens with two attached hydrogens (primary N) is 1. The van der Waals surface area contributed by atoms with E-state index in [0.717, 1.165) is 5.69 Å². The summed E-state index contributed by atoms with van der Waals surface area (Å²) in [6.07, 6.45) is 6.21. The van der Waals surface area contributed by atoms with Gasteiger partial charge in [-0.3, -0.25) is 0 Å². The molecule has 1 aromatic rings. The lowest BCUT2D eigenvalue weighted by Crippen LogP contribution is -2.20. The summed E-state index contributed by atoms with van der Waals surface area (Å²) < 4.78 is 2.07. The van der Waals surface area contributed by atoms with Crippen molar-refractivity contribution in [3.63, 3.8) is 0 Å². The van der Waals surface area contributed by atoms with Crippen LogP contribution in [-0.4, -0.2) is 20.0 Å². The molecule has 0 radical (unpaired) electrons. The number of thiocarbonyl (C=S) groups is 1. The van der Waals surface area contributed by atoms with Gasteiger partial charge < -0.3 is 5.73 Å². The van der Waals surface area contributed by atoms with Gasteiger partial charge in [0.25, 0.3) is 0 Å². The molecule has 0 aromatic carbocycles. The minimum absolute atomic E-state index is 0.392. The summed E-state index contributed by atoms with van der Waals surface area (Å²) in [5, 5.41) is 8.33. The van der Waals surface area contributed by atoms with E-state index in [9.17, 15) is 0 Å². The zero-order valence-corrected chi connectivity index (χ0v) is 9.33. The second-order valence-corrected chi connectivity index (χ2v) is 4.93. The zero-order valence-electron chi connectivity index (χ0n) is 8.52. The number of rotatable bonds is 3. The van der Waals surface area contributed by atoms with Crippen molar-refractivity contribution in [1.82, 2.24) is 15.0 Å². The number of hydrogen-bond donors (Lipinski definition) is 1. The molecule has 3 rings (SSSR count). The van der Waals surface area contributed by atoms with Gasteiger partial charge in [-0.25, -0.2) is 4.68 Å². The summed E-state index contributed by atoms with van der Waals surface area (Å²) in [6.45, 7) is 0. The van der Waals surface area contributed by atoms with Crippen molar-refractivity contribution in [2.75, 3.05) is 0 Å². The Labute approximate surface area is 93.8 Å². The van der Waals surface area contributed by atoms with Gasteiger partial charge in [-0.2, -0.15) is 0 Å². The van der Waals surface area contributed by atoms with Crippen molar-refractivity contribution in [1.29, 1.82) is 0 Å². The number of nitrogens with zero attached hydrogens (tertiary/aromatic N) is 3. The van der Waals surface area contributed by atoms with Crippen LogP contribution in [0, 0.1) is 0 Å². The summed E-state index contributed by atoms with van der Waals surface area (Å²) >= 11 is 5.02. The molecular formula is C10H14N4S. The molecule has 0 aliphatic heterocycles. The highest BCUT2D eigenvalue weighted by atomic mass is 32.1. The Kier molecular flexibility index (Phi) is 2.02. The Morgan fingerprint density at radius 1 is 1.33 bits per heavy atom. The third-order valence-corrected chi connectivity index (χ3v) is 3.54. The highest BCUT2D eigenvalue weighted by molar-refractivity contribution is 7.80. The molecule has 0 spiro atoms. The fourth-order valence-corrected chi connectivity index (χ4v) is 2.27. The van der Waals surface area contributed by atoms with Crippen molar-refractivity contribution >= 4 is 17.2 Å². The molecule has 15 heavy (non-hydrogen) atoms. The molecule has 0 saturated heterocycles. The van der Waals surface area contributed by atoms with E-state index in [1.807, 2.05) is 0 Å². The van der Waals surface area contributed by atoms with Gasteiger partial charge in [0.15, 0.2) is 0 Å². The van der Waals surface area contributed by atoms with Crippen LogP contribution in [0.4, 0.5) is 0 Å². The molecule has 80 valence electrons. The lowest BCUT2D eigenvalue weighted by Gasteiger charge is -2.26. The molecule has 1 heterocycles. The third kappa shape index (κ3) is 1.45. The first-order valence-electron chi connectivity index (χ1n) is 5.52. The minimum atomic E-state index is 0.392. The fourth-order valence-electron chi connectivity index (χ4n) is 2.13. The van der Waals surface area contributed by atoms with Gasteiger partial charge in [-0.05, 0) is 25.7 Å². The first kappa shape index (κ1) is 9.27. The van der Waals surface area contributed by atoms with Crippen molar-refractivity contribution in [3.05, 3.63) is 11.4 Å².